The van der Waals surface area contributed by atoms with Gasteiger partial charge in [-0.25, -0.2) is 13.1 Å². The lowest BCUT2D eigenvalue weighted by Gasteiger charge is -2.06. The van der Waals surface area contributed by atoms with Crippen LogP contribution < -0.4 is 4.72 Å². The van der Waals surface area contributed by atoms with Gasteiger partial charge in [-0.05, 0) is 38.0 Å². The Morgan fingerprint density at radius 2 is 2.14 bits per heavy atom. The standard InChI is InChI=1S/C14H18ClN3O2S/c1-3-18-10-14(11(2)17-18)21(19,20)16-8-7-12-5-4-6-13(15)9-12/h4-6,9-10,16H,3,7-8H2,1-2H3. The lowest BCUT2D eigenvalue weighted by atomic mass is 10.2. The van der Waals surface area contributed by atoms with E-state index in [1.54, 1.807) is 23.9 Å². The highest BCUT2D eigenvalue weighted by atomic mass is 35.5. The molecule has 1 N–H and O–H groups in total. The van der Waals surface area contributed by atoms with Crippen molar-refractivity contribution >= 4 is 21.6 Å². The second-order valence-electron chi connectivity index (χ2n) is 4.71. The van der Waals surface area contributed by atoms with E-state index >= 15 is 0 Å². The van der Waals surface area contributed by atoms with Crippen LogP contribution in [-0.4, -0.2) is 24.7 Å². The summed E-state index contributed by atoms with van der Waals surface area (Å²) < 4.78 is 28.7. The summed E-state index contributed by atoms with van der Waals surface area (Å²) in [5.74, 6) is 0. The second kappa shape index (κ2) is 6.60. The van der Waals surface area contributed by atoms with Crippen molar-refractivity contribution in [3.8, 4) is 0 Å². The maximum Gasteiger partial charge on any atom is 0.243 e. The third kappa shape index (κ3) is 4.06. The molecule has 0 saturated carbocycles. The minimum absolute atomic E-state index is 0.232. The average Bonchev–Trinajstić information content (AvgIpc) is 2.81. The van der Waals surface area contributed by atoms with Crippen molar-refractivity contribution in [2.75, 3.05) is 6.54 Å². The fraction of sp³-hybridized carbons (Fsp3) is 0.357. The molecule has 7 heteroatoms. The Kier molecular flexibility index (Phi) is 5.03. The van der Waals surface area contributed by atoms with Gasteiger partial charge < -0.3 is 0 Å². The Morgan fingerprint density at radius 3 is 2.76 bits per heavy atom. The minimum atomic E-state index is -3.53. The molecule has 2 aromatic rings. The van der Waals surface area contributed by atoms with Gasteiger partial charge in [0.25, 0.3) is 0 Å². The lowest BCUT2D eigenvalue weighted by molar-refractivity contribution is 0.580. The Bertz CT molecular complexity index is 726. The average molecular weight is 328 g/mol. The molecule has 1 aromatic heterocycles. The van der Waals surface area contributed by atoms with E-state index in [2.05, 4.69) is 9.82 Å². The van der Waals surface area contributed by atoms with Crippen LogP contribution in [0.1, 0.15) is 18.2 Å². The Morgan fingerprint density at radius 1 is 1.38 bits per heavy atom. The number of aromatic nitrogens is 2. The van der Waals surface area contributed by atoms with Crippen molar-refractivity contribution in [3.63, 3.8) is 0 Å². The van der Waals surface area contributed by atoms with Crippen LogP contribution in [-0.2, 0) is 23.0 Å². The van der Waals surface area contributed by atoms with Gasteiger partial charge in [0.1, 0.15) is 4.90 Å². The molecule has 5 nitrogen and oxygen atoms in total. The van der Waals surface area contributed by atoms with Gasteiger partial charge in [-0.3, -0.25) is 4.68 Å². The molecule has 21 heavy (non-hydrogen) atoms. The Hall–Kier alpha value is -1.37. The smallest absolute Gasteiger partial charge is 0.243 e. The van der Waals surface area contributed by atoms with E-state index in [0.29, 0.717) is 30.2 Å². The Balaban J connectivity index is 2.03. The molecule has 0 fully saturated rings. The first-order chi connectivity index (χ1) is 9.92. The summed E-state index contributed by atoms with van der Waals surface area (Å²) in [5.41, 5.74) is 1.50. The zero-order chi connectivity index (χ0) is 15.5. The molecule has 0 saturated heterocycles. The predicted molar refractivity (Wildman–Crippen MR) is 83.0 cm³/mol. The molecule has 0 aliphatic rings. The first kappa shape index (κ1) is 16.0. The van der Waals surface area contributed by atoms with Crippen molar-refractivity contribution in [1.82, 2.24) is 14.5 Å². The third-order valence-electron chi connectivity index (χ3n) is 3.11. The van der Waals surface area contributed by atoms with Gasteiger partial charge in [0.15, 0.2) is 0 Å². The van der Waals surface area contributed by atoms with Gasteiger partial charge in [-0.1, -0.05) is 23.7 Å². The second-order valence-corrected chi connectivity index (χ2v) is 6.88. The molecule has 0 spiro atoms. The molecule has 0 aliphatic heterocycles. The van der Waals surface area contributed by atoms with Crippen LogP contribution in [0.15, 0.2) is 35.4 Å². The van der Waals surface area contributed by atoms with E-state index in [1.807, 2.05) is 25.1 Å². The Labute approximate surface area is 130 Å². The van der Waals surface area contributed by atoms with Crippen molar-refractivity contribution < 1.29 is 8.42 Å². The van der Waals surface area contributed by atoms with E-state index in [0.717, 1.165) is 5.56 Å². The highest BCUT2D eigenvalue weighted by molar-refractivity contribution is 7.89. The van der Waals surface area contributed by atoms with Gasteiger partial charge in [0, 0.05) is 24.3 Å². The zero-order valence-electron chi connectivity index (χ0n) is 12.0. The van der Waals surface area contributed by atoms with Crippen molar-refractivity contribution in [3.05, 3.63) is 46.7 Å². The van der Waals surface area contributed by atoms with E-state index in [-0.39, 0.29) is 4.90 Å². The largest absolute Gasteiger partial charge is 0.271 e. The van der Waals surface area contributed by atoms with E-state index in [4.69, 9.17) is 11.6 Å². The first-order valence-corrected chi connectivity index (χ1v) is 8.56. The highest BCUT2D eigenvalue weighted by Crippen LogP contribution is 2.14. The van der Waals surface area contributed by atoms with Crippen LogP contribution in [0.3, 0.4) is 0 Å². The van der Waals surface area contributed by atoms with E-state index in [9.17, 15) is 8.42 Å². The molecule has 2 rings (SSSR count). The summed E-state index contributed by atoms with van der Waals surface area (Å²) in [4.78, 5) is 0.232. The molecule has 1 aromatic carbocycles. The van der Waals surface area contributed by atoms with Gasteiger partial charge in [-0.2, -0.15) is 5.10 Å². The lowest BCUT2D eigenvalue weighted by Crippen LogP contribution is -2.26. The number of sulfonamides is 1. The maximum absolute atomic E-state index is 12.2. The number of hydrogen-bond donors (Lipinski definition) is 1. The highest BCUT2D eigenvalue weighted by Gasteiger charge is 2.19. The summed E-state index contributed by atoms with van der Waals surface area (Å²) >= 11 is 5.90. The van der Waals surface area contributed by atoms with Crippen molar-refractivity contribution in [1.29, 1.82) is 0 Å². The normalized spacial score (nSPS) is 11.8. The predicted octanol–water partition coefficient (Wildman–Crippen LogP) is 2.39. The molecule has 114 valence electrons. The van der Waals surface area contributed by atoms with Crippen LogP contribution in [0.2, 0.25) is 5.02 Å². The first-order valence-electron chi connectivity index (χ1n) is 6.70. The van der Waals surface area contributed by atoms with Gasteiger partial charge >= 0.3 is 0 Å². The van der Waals surface area contributed by atoms with Crippen LogP contribution >= 0.6 is 11.6 Å². The van der Waals surface area contributed by atoms with Crippen molar-refractivity contribution in [2.45, 2.75) is 31.7 Å². The fourth-order valence-corrected chi connectivity index (χ4v) is 3.45. The fourth-order valence-electron chi connectivity index (χ4n) is 2.03. The maximum atomic E-state index is 12.2. The quantitative estimate of drug-likeness (QED) is 0.886. The number of nitrogens with one attached hydrogen (secondary N) is 1. The van der Waals surface area contributed by atoms with Crippen LogP contribution in [0.25, 0.3) is 0 Å². The number of halogens is 1. The summed E-state index contributed by atoms with van der Waals surface area (Å²) in [5, 5.41) is 4.80. The molecule has 0 amide bonds. The monoisotopic (exact) mass is 327 g/mol. The molecule has 0 atom stereocenters. The van der Waals surface area contributed by atoms with Crippen LogP contribution in [0, 0.1) is 6.92 Å². The molecule has 0 aliphatic carbocycles. The summed E-state index contributed by atoms with van der Waals surface area (Å²) in [6.07, 6.45) is 2.14. The van der Waals surface area contributed by atoms with Crippen molar-refractivity contribution in [2.24, 2.45) is 0 Å². The molecule has 0 unspecified atom stereocenters. The van der Waals surface area contributed by atoms with Gasteiger partial charge in [0.2, 0.25) is 10.0 Å². The summed E-state index contributed by atoms with van der Waals surface area (Å²) in [6.45, 7) is 4.56. The summed E-state index contributed by atoms with van der Waals surface area (Å²) in [6, 6.07) is 7.39. The van der Waals surface area contributed by atoms with Crippen LogP contribution in [0.4, 0.5) is 0 Å². The third-order valence-corrected chi connectivity index (χ3v) is 4.91. The molecular weight excluding hydrogens is 310 g/mol. The number of rotatable bonds is 6. The minimum Gasteiger partial charge on any atom is -0.271 e. The van der Waals surface area contributed by atoms with Gasteiger partial charge in [0.05, 0.1) is 5.69 Å². The van der Waals surface area contributed by atoms with Crippen LogP contribution in [0.5, 0.6) is 0 Å². The van der Waals surface area contributed by atoms with Gasteiger partial charge in [-0.15, -0.1) is 0 Å². The molecule has 1 heterocycles. The molecular formula is C14H18ClN3O2S. The number of benzene rings is 1. The molecule has 0 radical (unpaired) electrons. The SMILES string of the molecule is CCn1cc(S(=O)(=O)NCCc2cccc(Cl)c2)c(C)n1. The molecule has 0 bridgehead atoms. The topological polar surface area (TPSA) is 64.0 Å². The van der Waals surface area contributed by atoms with E-state index in [1.165, 1.54) is 0 Å². The van der Waals surface area contributed by atoms with E-state index < -0.39 is 10.0 Å². The number of aryl methyl sites for hydroxylation is 2. The zero-order valence-corrected chi connectivity index (χ0v) is 13.6. The summed E-state index contributed by atoms with van der Waals surface area (Å²) in [7, 11) is -3.53. The number of hydrogen-bond acceptors (Lipinski definition) is 3. The number of nitrogens with zero attached hydrogens (tertiary/aromatic N) is 2.